The highest BCUT2D eigenvalue weighted by atomic mass is 19.4. The van der Waals surface area contributed by atoms with Gasteiger partial charge >= 0.3 is 12.2 Å². The van der Waals surface area contributed by atoms with Crippen molar-refractivity contribution in [3.8, 4) is 5.75 Å². The number of piperidine rings is 1. The van der Waals surface area contributed by atoms with Gasteiger partial charge in [0, 0.05) is 19.6 Å². The second-order valence-electron chi connectivity index (χ2n) is 5.45. The maximum atomic E-state index is 12.0. The molecule has 8 heteroatoms. The average Bonchev–Trinajstić information content (AvgIpc) is 2.51. The number of halogens is 3. The van der Waals surface area contributed by atoms with Crippen LogP contribution in [0.3, 0.4) is 0 Å². The zero-order chi connectivity index (χ0) is 16.9. The van der Waals surface area contributed by atoms with E-state index in [2.05, 4.69) is 10.1 Å². The summed E-state index contributed by atoms with van der Waals surface area (Å²) in [5.41, 5.74) is 0.746. The minimum Gasteiger partial charge on any atom is -0.484 e. The van der Waals surface area contributed by atoms with Gasteiger partial charge in [-0.15, -0.1) is 0 Å². The molecular weight excluding hydrogens is 313 g/mol. The molecule has 0 aromatic heterocycles. The molecule has 1 fully saturated rings. The van der Waals surface area contributed by atoms with Crippen molar-refractivity contribution in [1.29, 1.82) is 0 Å². The fraction of sp³-hybridized carbons (Fsp3) is 0.533. The lowest BCUT2D eigenvalue weighted by atomic mass is 10.1. The van der Waals surface area contributed by atoms with Crippen LogP contribution in [0.2, 0.25) is 0 Å². The van der Waals surface area contributed by atoms with Crippen LogP contribution in [0.4, 0.5) is 18.0 Å². The summed E-state index contributed by atoms with van der Waals surface area (Å²) in [5, 5.41) is 12.3. The number of nitrogens with zero attached hydrogens (tertiary/aromatic N) is 1. The van der Waals surface area contributed by atoms with Gasteiger partial charge in [0.15, 0.2) is 6.61 Å². The van der Waals surface area contributed by atoms with Gasteiger partial charge in [-0.1, -0.05) is 12.1 Å². The molecule has 0 spiro atoms. The first-order valence-electron chi connectivity index (χ1n) is 7.33. The van der Waals surface area contributed by atoms with Crippen LogP contribution in [-0.4, -0.2) is 48.0 Å². The average molecular weight is 332 g/mol. The van der Waals surface area contributed by atoms with Gasteiger partial charge in [0.2, 0.25) is 0 Å². The van der Waals surface area contributed by atoms with Gasteiger partial charge < -0.3 is 20.1 Å². The van der Waals surface area contributed by atoms with Crippen LogP contribution in [0, 0.1) is 0 Å². The minimum absolute atomic E-state index is 0.122. The van der Waals surface area contributed by atoms with Gasteiger partial charge in [0.1, 0.15) is 5.75 Å². The van der Waals surface area contributed by atoms with Crippen molar-refractivity contribution in [2.75, 3.05) is 19.7 Å². The van der Waals surface area contributed by atoms with Crippen LogP contribution in [0.1, 0.15) is 18.4 Å². The van der Waals surface area contributed by atoms with Crippen LogP contribution in [0.5, 0.6) is 5.75 Å². The van der Waals surface area contributed by atoms with Gasteiger partial charge in [-0.3, -0.25) is 0 Å². The Hall–Kier alpha value is -1.96. The zero-order valence-electron chi connectivity index (χ0n) is 12.5. The van der Waals surface area contributed by atoms with E-state index in [1.807, 2.05) is 0 Å². The molecule has 1 unspecified atom stereocenters. The third-order valence-electron chi connectivity index (χ3n) is 3.45. The summed E-state index contributed by atoms with van der Waals surface area (Å²) in [7, 11) is 0. The lowest BCUT2D eigenvalue weighted by Crippen LogP contribution is -2.46. The second kappa shape index (κ2) is 7.54. The molecule has 0 radical (unpaired) electrons. The first kappa shape index (κ1) is 17.4. The van der Waals surface area contributed by atoms with Crippen LogP contribution in [0.25, 0.3) is 0 Å². The molecule has 0 saturated carbocycles. The summed E-state index contributed by atoms with van der Waals surface area (Å²) in [6.45, 7) is -0.158. The molecule has 1 aromatic carbocycles. The molecule has 1 aromatic rings. The van der Waals surface area contributed by atoms with E-state index in [9.17, 15) is 23.1 Å². The molecule has 1 heterocycles. The molecular formula is C15H19F3N2O3. The van der Waals surface area contributed by atoms with Gasteiger partial charge in [-0.05, 0) is 30.5 Å². The molecule has 23 heavy (non-hydrogen) atoms. The number of nitrogens with one attached hydrogen (secondary N) is 1. The van der Waals surface area contributed by atoms with Crippen molar-refractivity contribution in [1.82, 2.24) is 10.2 Å². The predicted molar refractivity (Wildman–Crippen MR) is 77.0 cm³/mol. The van der Waals surface area contributed by atoms with Crippen LogP contribution < -0.4 is 10.1 Å². The Labute approximate surface area is 132 Å². The molecule has 2 N–H and O–H groups in total. The Balaban J connectivity index is 1.78. The number of likely N-dealkylation sites (tertiary alicyclic amines) is 1. The quantitative estimate of drug-likeness (QED) is 0.889. The van der Waals surface area contributed by atoms with Crippen LogP contribution in [-0.2, 0) is 6.54 Å². The van der Waals surface area contributed by atoms with Crippen molar-refractivity contribution in [3.05, 3.63) is 29.8 Å². The number of hydrogen-bond donors (Lipinski definition) is 2. The minimum atomic E-state index is -4.37. The Morgan fingerprint density at radius 1 is 1.35 bits per heavy atom. The van der Waals surface area contributed by atoms with Crippen molar-refractivity contribution >= 4 is 6.03 Å². The van der Waals surface area contributed by atoms with Crippen LogP contribution in [0.15, 0.2) is 24.3 Å². The number of β-amino-alcohol motifs (C(OH)–C–C–N with tert-alkyl or cyclic N) is 1. The smallest absolute Gasteiger partial charge is 0.422 e. The van der Waals surface area contributed by atoms with Gasteiger partial charge in [0.25, 0.3) is 0 Å². The number of amides is 2. The lowest BCUT2D eigenvalue weighted by Gasteiger charge is -2.30. The fourth-order valence-corrected chi connectivity index (χ4v) is 2.30. The Bertz CT molecular complexity index is 520. The van der Waals surface area contributed by atoms with Crippen molar-refractivity contribution in [3.63, 3.8) is 0 Å². The van der Waals surface area contributed by atoms with E-state index >= 15 is 0 Å². The number of ether oxygens (including phenoxy) is 1. The largest absolute Gasteiger partial charge is 0.484 e. The Morgan fingerprint density at radius 3 is 2.65 bits per heavy atom. The highest BCUT2D eigenvalue weighted by Gasteiger charge is 2.28. The predicted octanol–water partition coefficient (Wildman–Crippen LogP) is 2.29. The molecule has 5 nitrogen and oxygen atoms in total. The van der Waals surface area contributed by atoms with E-state index in [0.717, 1.165) is 12.0 Å². The van der Waals surface area contributed by atoms with Gasteiger partial charge in [-0.2, -0.15) is 13.2 Å². The van der Waals surface area contributed by atoms with E-state index in [1.165, 1.54) is 12.1 Å². The molecule has 2 rings (SSSR count). The number of rotatable bonds is 4. The number of aliphatic hydroxyl groups excluding tert-OH is 1. The normalized spacial score (nSPS) is 18.6. The van der Waals surface area contributed by atoms with E-state index in [4.69, 9.17) is 0 Å². The molecule has 0 bridgehead atoms. The standard InChI is InChI=1S/C15H19F3N2O3/c16-15(17,18)10-23-13-5-3-11(4-6-13)8-19-14(22)20-7-1-2-12(21)9-20/h3-6,12,21H,1-2,7-10H2,(H,19,22). The van der Waals surface area contributed by atoms with E-state index in [1.54, 1.807) is 17.0 Å². The molecule has 0 aliphatic carbocycles. The first-order chi connectivity index (χ1) is 10.8. The zero-order valence-corrected chi connectivity index (χ0v) is 12.5. The first-order valence-corrected chi connectivity index (χ1v) is 7.33. The molecule has 128 valence electrons. The Morgan fingerprint density at radius 2 is 2.04 bits per heavy atom. The number of aliphatic hydroxyl groups is 1. The number of alkyl halides is 3. The highest BCUT2D eigenvalue weighted by Crippen LogP contribution is 2.19. The SMILES string of the molecule is O=C(NCc1ccc(OCC(F)(F)F)cc1)N1CCCC(O)C1. The summed E-state index contributed by atoms with van der Waals surface area (Å²) in [4.78, 5) is 13.5. The maximum Gasteiger partial charge on any atom is 0.422 e. The maximum absolute atomic E-state index is 12.0. The third-order valence-corrected chi connectivity index (χ3v) is 3.45. The van der Waals surface area contributed by atoms with E-state index < -0.39 is 18.9 Å². The molecule has 1 aliphatic rings. The van der Waals surface area contributed by atoms with Crippen LogP contribution >= 0.6 is 0 Å². The van der Waals surface area contributed by atoms with E-state index in [-0.39, 0.29) is 18.3 Å². The number of hydrogen-bond acceptors (Lipinski definition) is 3. The second-order valence-corrected chi connectivity index (χ2v) is 5.45. The molecule has 1 atom stereocenters. The highest BCUT2D eigenvalue weighted by molar-refractivity contribution is 5.74. The molecule has 1 aliphatic heterocycles. The van der Waals surface area contributed by atoms with Crippen molar-refractivity contribution in [2.24, 2.45) is 0 Å². The van der Waals surface area contributed by atoms with Gasteiger partial charge in [-0.25, -0.2) is 4.79 Å². The summed E-state index contributed by atoms with van der Waals surface area (Å²) in [6.07, 6.45) is -3.39. The van der Waals surface area contributed by atoms with Crippen molar-refractivity contribution in [2.45, 2.75) is 31.7 Å². The number of urea groups is 1. The number of carbonyl (C=O) groups is 1. The summed E-state index contributed by atoms with van der Waals surface area (Å²) < 4.78 is 40.7. The number of benzene rings is 1. The fourth-order valence-electron chi connectivity index (χ4n) is 2.30. The van der Waals surface area contributed by atoms with E-state index in [0.29, 0.717) is 19.5 Å². The van der Waals surface area contributed by atoms with Gasteiger partial charge in [0.05, 0.1) is 6.10 Å². The summed E-state index contributed by atoms with van der Waals surface area (Å²) >= 11 is 0. The summed E-state index contributed by atoms with van der Waals surface area (Å²) in [6, 6.07) is 5.78. The third kappa shape index (κ3) is 5.97. The Kier molecular flexibility index (Phi) is 5.70. The molecule has 1 saturated heterocycles. The topological polar surface area (TPSA) is 61.8 Å². The lowest BCUT2D eigenvalue weighted by molar-refractivity contribution is -0.153. The van der Waals surface area contributed by atoms with Crippen molar-refractivity contribution < 1.29 is 27.8 Å². The number of carbonyl (C=O) groups excluding carboxylic acids is 1. The summed E-state index contributed by atoms with van der Waals surface area (Å²) in [5.74, 6) is 0.122. The molecule has 2 amide bonds. The monoisotopic (exact) mass is 332 g/mol.